The zero-order valence-corrected chi connectivity index (χ0v) is 15.3. The maximum Gasteiger partial charge on any atom is 0.255 e. The van der Waals surface area contributed by atoms with E-state index in [2.05, 4.69) is 10.3 Å². The van der Waals surface area contributed by atoms with E-state index in [0.717, 1.165) is 62.4 Å². The number of para-hydroxylation sites is 1. The molecule has 0 unspecified atom stereocenters. The number of carbonyl (C=O) groups is 1. The van der Waals surface area contributed by atoms with Gasteiger partial charge in [0, 0.05) is 32.0 Å². The molecule has 136 valence electrons. The third-order valence-electron chi connectivity index (χ3n) is 5.79. The molecule has 2 aromatic rings. The zero-order chi connectivity index (χ0) is 17.9. The standard InChI is InChI=1S/C21H26N4O/c1-24(19-5-3-2-4-6-19)20-8-7-18(15-23-20)21(26)25-11-9-16-13-22-14-17(16)10-12-25/h2-8,15-17,22H,9-14H2,1H3/t16-,17+. The average Bonchev–Trinajstić information content (AvgIpc) is 3.06. The molecule has 2 aliphatic heterocycles. The van der Waals surface area contributed by atoms with E-state index in [1.54, 1.807) is 6.20 Å². The molecule has 2 fully saturated rings. The quantitative estimate of drug-likeness (QED) is 0.925. The van der Waals surface area contributed by atoms with Gasteiger partial charge in [-0.2, -0.15) is 0 Å². The number of fused-ring (bicyclic) bond motifs is 1. The number of hydrogen-bond donors (Lipinski definition) is 1. The highest BCUT2D eigenvalue weighted by molar-refractivity contribution is 5.94. The van der Waals surface area contributed by atoms with E-state index < -0.39 is 0 Å². The van der Waals surface area contributed by atoms with Crippen molar-refractivity contribution >= 4 is 17.4 Å². The molecule has 5 nitrogen and oxygen atoms in total. The Morgan fingerprint density at radius 3 is 2.38 bits per heavy atom. The summed E-state index contributed by atoms with van der Waals surface area (Å²) in [7, 11) is 1.99. The molecular weight excluding hydrogens is 324 g/mol. The molecule has 5 heteroatoms. The number of amides is 1. The van der Waals surface area contributed by atoms with Crippen molar-refractivity contribution in [2.24, 2.45) is 11.8 Å². The Balaban J connectivity index is 1.44. The lowest BCUT2D eigenvalue weighted by molar-refractivity contribution is 0.0758. The van der Waals surface area contributed by atoms with Crippen LogP contribution in [0.1, 0.15) is 23.2 Å². The Kier molecular flexibility index (Phi) is 4.89. The van der Waals surface area contributed by atoms with Gasteiger partial charge in [0.05, 0.1) is 5.56 Å². The van der Waals surface area contributed by atoms with Gasteiger partial charge in [0.1, 0.15) is 5.82 Å². The molecule has 1 N–H and O–H groups in total. The van der Waals surface area contributed by atoms with Crippen LogP contribution < -0.4 is 10.2 Å². The third kappa shape index (κ3) is 3.44. The predicted octanol–water partition coefficient (Wildman–Crippen LogP) is 2.92. The number of benzene rings is 1. The van der Waals surface area contributed by atoms with Crippen molar-refractivity contribution in [1.29, 1.82) is 0 Å². The molecule has 0 bridgehead atoms. The highest BCUT2D eigenvalue weighted by atomic mass is 16.2. The van der Waals surface area contributed by atoms with E-state index in [1.165, 1.54) is 0 Å². The second kappa shape index (κ2) is 7.46. The van der Waals surface area contributed by atoms with E-state index in [1.807, 2.05) is 59.3 Å². The van der Waals surface area contributed by atoms with Crippen LogP contribution in [-0.2, 0) is 0 Å². The fourth-order valence-electron chi connectivity index (χ4n) is 4.10. The summed E-state index contributed by atoms with van der Waals surface area (Å²) in [5.41, 5.74) is 1.76. The first-order valence-corrected chi connectivity index (χ1v) is 9.47. The maximum atomic E-state index is 12.9. The number of hydrogen-bond acceptors (Lipinski definition) is 4. The van der Waals surface area contributed by atoms with Gasteiger partial charge in [-0.05, 0) is 62.0 Å². The van der Waals surface area contributed by atoms with Crippen molar-refractivity contribution in [2.75, 3.05) is 38.1 Å². The summed E-state index contributed by atoms with van der Waals surface area (Å²) in [4.78, 5) is 21.4. The van der Waals surface area contributed by atoms with E-state index in [-0.39, 0.29) is 5.91 Å². The highest BCUT2D eigenvalue weighted by Gasteiger charge is 2.31. The molecule has 0 aliphatic carbocycles. The molecule has 1 aromatic carbocycles. The molecule has 26 heavy (non-hydrogen) atoms. The SMILES string of the molecule is CN(c1ccccc1)c1ccc(C(=O)N2CC[C@@H]3CNC[C@@H]3CC2)cn1. The minimum Gasteiger partial charge on any atom is -0.339 e. The zero-order valence-electron chi connectivity index (χ0n) is 15.3. The molecule has 2 saturated heterocycles. The lowest BCUT2D eigenvalue weighted by Gasteiger charge is -2.22. The van der Waals surface area contributed by atoms with Crippen LogP contribution in [0.4, 0.5) is 11.5 Å². The summed E-state index contributed by atoms with van der Waals surface area (Å²) in [6.45, 7) is 3.92. The van der Waals surface area contributed by atoms with Gasteiger partial charge in [-0.25, -0.2) is 4.98 Å². The van der Waals surface area contributed by atoms with E-state index in [0.29, 0.717) is 5.56 Å². The highest BCUT2D eigenvalue weighted by Crippen LogP contribution is 2.28. The fourth-order valence-corrected chi connectivity index (χ4v) is 4.10. The van der Waals surface area contributed by atoms with Crippen molar-refractivity contribution in [3.8, 4) is 0 Å². The number of rotatable bonds is 3. The van der Waals surface area contributed by atoms with Crippen molar-refractivity contribution in [3.05, 3.63) is 54.2 Å². The van der Waals surface area contributed by atoms with Gasteiger partial charge < -0.3 is 15.1 Å². The van der Waals surface area contributed by atoms with Gasteiger partial charge in [-0.3, -0.25) is 4.79 Å². The molecule has 2 atom stereocenters. The Hall–Kier alpha value is -2.40. The number of carbonyl (C=O) groups excluding carboxylic acids is 1. The maximum absolute atomic E-state index is 12.9. The second-order valence-corrected chi connectivity index (χ2v) is 7.35. The topological polar surface area (TPSA) is 48.5 Å². The predicted molar refractivity (Wildman–Crippen MR) is 104 cm³/mol. The van der Waals surface area contributed by atoms with E-state index in [9.17, 15) is 4.79 Å². The van der Waals surface area contributed by atoms with Crippen molar-refractivity contribution in [3.63, 3.8) is 0 Å². The van der Waals surface area contributed by atoms with Crippen LogP contribution in [0.3, 0.4) is 0 Å². The Morgan fingerprint density at radius 2 is 1.77 bits per heavy atom. The van der Waals surface area contributed by atoms with Crippen LogP contribution in [0.25, 0.3) is 0 Å². The van der Waals surface area contributed by atoms with Gasteiger partial charge in [-0.1, -0.05) is 18.2 Å². The summed E-state index contributed by atoms with van der Waals surface area (Å²) in [6.07, 6.45) is 3.92. The minimum absolute atomic E-state index is 0.111. The number of aromatic nitrogens is 1. The lowest BCUT2D eigenvalue weighted by Crippen LogP contribution is -2.32. The third-order valence-corrected chi connectivity index (χ3v) is 5.79. The molecule has 0 saturated carbocycles. The normalized spacial score (nSPS) is 22.6. The summed E-state index contributed by atoms with van der Waals surface area (Å²) in [5.74, 6) is 2.41. The van der Waals surface area contributed by atoms with Gasteiger partial charge in [-0.15, -0.1) is 0 Å². The Bertz CT molecular complexity index is 732. The van der Waals surface area contributed by atoms with Crippen molar-refractivity contribution in [1.82, 2.24) is 15.2 Å². The molecule has 1 amide bonds. The first-order valence-electron chi connectivity index (χ1n) is 9.47. The van der Waals surface area contributed by atoms with Crippen LogP contribution in [0.15, 0.2) is 48.7 Å². The van der Waals surface area contributed by atoms with Crippen LogP contribution in [-0.4, -0.2) is 49.0 Å². The van der Waals surface area contributed by atoms with Crippen LogP contribution in [0, 0.1) is 11.8 Å². The molecule has 3 heterocycles. The molecule has 0 radical (unpaired) electrons. The Labute approximate surface area is 155 Å². The summed E-state index contributed by atoms with van der Waals surface area (Å²) < 4.78 is 0. The monoisotopic (exact) mass is 350 g/mol. The largest absolute Gasteiger partial charge is 0.339 e. The smallest absolute Gasteiger partial charge is 0.255 e. The number of anilines is 2. The summed E-state index contributed by atoms with van der Waals surface area (Å²) >= 11 is 0. The lowest BCUT2D eigenvalue weighted by atomic mass is 9.92. The van der Waals surface area contributed by atoms with E-state index in [4.69, 9.17) is 0 Å². The van der Waals surface area contributed by atoms with Gasteiger partial charge in [0.25, 0.3) is 5.91 Å². The molecular formula is C21H26N4O. The van der Waals surface area contributed by atoms with Gasteiger partial charge >= 0.3 is 0 Å². The average molecular weight is 350 g/mol. The van der Waals surface area contributed by atoms with Crippen molar-refractivity contribution in [2.45, 2.75) is 12.8 Å². The molecule has 2 aliphatic rings. The number of pyridine rings is 1. The van der Waals surface area contributed by atoms with Crippen LogP contribution in [0.2, 0.25) is 0 Å². The van der Waals surface area contributed by atoms with Gasteiger partial charge in [0.15, 0.2) is 0 Å². The fraction of sp³-hybridized carbons (Fsp3) is 0.429. The second-order valence-electron chi connectivity index (χ2n) is 7.35. The first kappa shape index (κ1) is 17.0. The number of likely N-dealkylation sites (tertiary alicyclic amines) is 1. The number of nitrogens with one attached hydrogen (secondary N) is 1. The molecule has 0 spiro atoms. The summed E-state index contributed by atoms with van der Waals surface area (Å²) in [6, 6.07) is 13.9. The summed E-state index contributed by atoms with van der Waals surface area (Å²) in [5, 5.41) is 3.48. The van der Waals surface area contributed by atoms with Gasteiger partial charge in [0.2, 0.25) is 0 Å². The van der Waals surface area contributed by atoms with Crippen LogP contribution in [0.5, 0.6) is 0 Å². The molecule has 1 aromatic heterocycles. The first-order chi connectivity index (χ1) is 12.7. The molecule has 4 rings (SSSR count). The van der Waals surface area contributed by atoms with E-state index >= 15 is 0 Å². The number of nitrogens with zero attached hydrogens (tertiary/aromatic N) is 3. The Morgan fingerprint density at radius 1 is 1.08 bits per heavy atom. The van der Waals surface area contributed by atoms with Crippen molar-refractivity contribution < 1.29 is 4.79 Å². The minimum atomic E-state index is 0.111. The van der Waals surface area contributed by atoms with Crippen LogP contribution >= 0.6 is 0 Å².